The van der Waals surface area contributed by atoms with Gasteiger partial charge in [-0.1, -0.05) is 25.1 Å². The maximum atomic E-state index is 10.8. The van der Waals surface area contributed by atoms with Gasteiger partial charge >= 0.3 is 0 Å². The SMILES string of the molecule is CCc1cccc(C)c1Nc1nncc(N2CCN(C=O)CC2)n1. The summed E-state index contributed by atoms with van der Waals surface area (Å²) in [4.78, 5) is 19.3. The van der Waals surface area contributed by atoms with Crippen molar-refractivity contribution in [3.05, 3.63) is 35.5 Å². The number of nitrogens with zero attached hydrogens (tertiary/aromatic N) is 5. The van der Waals surface area contributed by atoms with E-state index in [1.54, 1.807) is 11.1 Å². The van der Waals surface area contributed by atoms with Gasteiger partial charge in [-0.05, 0) is 24.5 Å². The molecule has 7 heteroatoms. The van der Waals surface area contributed by atoms with Crippen LogP contribution in [0.1, 0.15) is 18.1 Å². The van der Waals surface area contributed by atoms with Gasteiger partial charge in [0.15, 0.2) is 5.82 Å². The number of piperazine rings is 1. The Hall–Kier alpha value is -2.70. The lowest BCUT2D eigenvalue weighted by molar-refractivity contribution is -0.118. The maximum Gasteiger partial charge on any atom is 0.249 e. The van der Waals surface area contributed by atoms with Gasteiger partial charge in [0.2, 0.25) is 12.4 Å². The Balaban J connectivity index is 1.78. The summed E-state index contributed by atoms with van der Waals surface area (Å²) in [6.07, 6.45) is 3.50. The molecule has 0 unspecified atom stereocenters. The van der Waals surface area contributed by atoms with Crippen molar-refractivity contribution in [2.45, 2.75) is 20.3 Å². The number of aryl methyl sites for hydroxylation is 2. The lowest BCUT2D eigenvalue weighted by Crippen LogP contribution is -2.46. The van der Waals surface area contributed by atoms with Crippen LogP contribution in [0.25, 0.3) is 0 Å². The molecule has 24 heavy (non-hydrogen) atoms. The fourth-order valence-electron chi connectivity index (χ4n) is 2.87. The summed E-state index contributed by atoms with van der Waals surface area (Å²) in [5, 5.41) is 11.5. The van der Waals surface area contributed by atoms with Crippen LogP contribution in [0.15, 0.2) is 24.4 Å². The summed E-state index contributed by atoms with van der Waals surface area (Å²) < 4.78 is 0. The topological polar surface area (TPSA) is 74.2 Å². The number of nitrogens with one attached hydrogen (secondary N) is 1. The van der Waals surface area contributed by atoms with Gasteiger partial charge in [0.05, 0.1) is 6.20 Å². The molecule has 3 rings (SSSR count). The summed E-state index contributed by atoms with van der Waals surface area (Å²) >= 11 is 0. The zero-order chi connectivity index (χ0) is 16.9. The minimum Gasteiger partial charge on any atom is -0.352 e. The number of rotatable bonds is 5. The van der Waals surface area contributed by atoms with Crippen molar-refractivity contribution in [1.29, 1.82) is 0 Å². The molecule has 0 bridgehead atoms. The Morgan fingerprint density at radius 2 is 2.04 bits per heavy atom. The van der Waals surface area contributed by atoms with Crippen LogP contribution in [0.4, 0.5) is 17.5 Å². The lowest BCUT2D eigenvalue weighted by Gasteiger charge is -2.33. The third kappa shape index (κ3) is 3.45. The molecule has 1 aliphatic heterocycles. The standard InChI is InChI=1S/C17H22N6O/c1-3-14-6-4-5-13(2)16(14)20-17-19-15(11-18-21-17)23-9-7-22(12-24)8-10-23/h4-6,11-12H,3,7-10H2,1-2H3,(H,19,20,21). The molecular weight excluding hydrogens is 304 g/mol. The fourth-order valence-corrected chi connectivity index (χ4v) is 2.87. The summed E-state index contributed by atoms with van der Waals surface area (Å²) in [7, 11) is 0. The number of anilines is 3. The minimum absolute atomic E-state index is 0.495. The van der Waals surface area contributed by atoms with Crippen molar-refractivity contribution in [2.24, 2.45) is 0 Å². The lowest BCUT2D eigenvalue weighted by atomic mass is 10.1. The summed E-state index contributed by atoms with van der Waals surface area (Å²) in [5.74, 6) is 1.28. The van der Waals surface area contributed by atoms with Gasteiger partial charge in [0.25, 0.3) is 0 Å². The molecule has 0 atom stereocenters. The second kappa shape index (κ2) is 7.25. The van der Waals surface area contributed by atoms with Gasteiger partial charge in [-0.2, -0.15) is 10.1 Å². The highest BCUT2D eigenvalue weighted by Gasteiger charge is 2.18. The molecular formula is C17H22N6O. The van der Waals surface area contributed by atoms with E-state index >= 15 is 0 Å². The zero-order valence-electron chi connectivity index (χ0n) is 14.1. The van der Waals surface area contributed by atoms with Crippen molar-refractivity contribution in [3.8, 4) is 0 Å². The normalized spacial score (nSPS) is 14.6. The average molecular weight is 326 g/mol. The quantitative estimate of drug-likeness (QED) is 0.844. The van der Waals surface area contributed by atoms with Crippen LogP contribution in [0.2, 0.25) is 0 Å². The molecule has 0 aliphatic carbocycles. The highest BCUT2D eigenvalue weighted by molar-refractivity contribution is 5.63. The largest absolute Gasteiger partial charge is 0.352 e. The third-order valence-electron chi connectivity index (χ3n) is 4.31. The van der Waals surface area contributed by atoms with Crippen LogP contribution < -0.4 is 10.2 Å². The molecule has 1 amide bonds. The highest BCUT2D eigenvalue weighted by Crippen LogP contribution is 2.24. The molecule has 0 saturated carbocycles. The number of carbonyl (C=O) groups excluding carboxylic acids is 1. The average Bonchev–Trinajstić information content (AvgIpc) is 2.64. The number of hydrogen-bond donors (Lipinski definition) is 1. The third-order valence-corrected chi connectivity index (χ3v) is 4.31. The first-order chi connectivity index (χ1) is 11.7. The van der Waals surface area contributed by atoms with Crippen LogP contribution >= 0.6 is 0 Å². The van der Waals surface area contributed by atoms with Gasteiger partial charge in [-0.25, -0.2) is 0 Å². The van der Waals surface area contributed by atoms with E-state index in [9.17, 15) is 4.79 Å². The van der Waals surface area contributed by atoms with Crippen molar-refractivity contribution in [2.75, 3.05) is 36.4 Å². The molecule has 126 valence electrons. The van der Waals surface area contributed by atoms with E-state index in [0.29, 0.717) is 19.0 Å². The Morgan fingerprint density at radius 3 is 2.75 bits per heavy atom. The number of hydrogen-bond acceptors (Lipinski definition) is 6. The Morgan fingerprint density at radius 1 is 1.25 bits per heavy atom. The Bertz CT molecular complexity index is 712. The first kappa shape index (κ1) is 16.2. The number of aromatic nitrogens is 3. The van der Waals surface area contributed by atoms with E-state index in [2.05, 4.69) is 57.4 Å². The van der Waals surface area contributed by atoms with Crippen LogP contribution in [-0.4, -0.2) is 52.7 Å². The van der Waals surface area contributed by atoms with Gasteiger partial charge in [0.1, 0.15) is 0 Å². The molecule has 1 aromatic heterocycles. The van der Waals surface area contributed by atoms with Crippen molar-refractivity contribution >= 4 is 23.9 Å². The summed E-state index contributed by atoms with van der Waals surface area (Å²) in [5.41, 5.74) is 3.43. The Labute approximate surface area is 141 Å². The first-order valence-electron chi connectivity index (χ1n) is 8.20. The number of benzene rings is 1. The second-order valence-electron chi connectivity index (χ2n) is 5.85. The molecule has 0 radical (unpaired) electrons. The Kier molecular flexibility index (Phi) is 4.88. The first-order valence-corrected chi connectivity index (χ1v) is 8.20. The van der Waals surface area contributed by atoms with Gasteiger partial charge in [0, 0.05) is 31.9 Å². The number of carbonyl (C=O) groups is 1. The highest BCUT2D eigenvalue weighted by atomic mass is 16.1. The number of para-hydroxylation sites is 1. The number of amides is 1. The van der Waals surface area contributed by atoms with E-state index in [1.165, 1.54) is 5.56 Å². The van der Waals surface area contributed by atoms with Crippen molar-refractivity contribution < 1.29 is 4.79 Å². The maximum absolute atomic E-state index is 10.8. The van der Waals surface area contributed by atoms with E-state index in [4.69, 9.17) is 0 Å². The molecule has 7 nitrogen and oxygen atoms in total. The molecule has 1 aromatic carbocycles. The van der Waals surface area contributed by atoms with Gasteiger partial charge in [-0.15, -0.1) is 5.10 Å². The summed E-state index contributed by atoms with van der Waals surface area (Å²) in [6, 6.07) is 6.23. The second-order valence-corrected chi connectivity index (χ2v) is 5.85. The molecule has 1 aliphatic rings. The van der Waals surface area contributed by atoms with Gasteiger partial charge in [-0.3, -0.25) is 4.79 Å². The monoisotopic (exact) mass is 326 g/mol. The molecule has 1 fully saturated rings. The van der Waals surface area contributed by atoms with Crippen molar-refractivity contribution in [3.63, 3.8) is 0 Å². The van der Waals surface area contributed by atoms with E-state index in [1.807, 2.05) is 0 Å². The van der Waals surface area contributed by atoms with Crippen LogP contribution in [0.5, 0.6) is 0 Å². The molecule has 2 aromatic rings. The molecule has 1 N–H and O–H groups in total. The van der Waals surface area contributed by atoms with Crippen LogP contribution in [-0.2, 0) is 11.2 Å². The molecule has 0 spiro atoms. The van der Waals surface area contributed by atoms with Crippen LogP contribution in [0, 0.1) is 6.92 Å². The predicted octanol–water partition coefficient (Wildman–Crippen LogP) is 1.76. The van der Waals surface area contributed by atoms with E-state index in [0.717, 1.165) is 43.0 Å². The minimum atomic E-state index is 0.495. The van der Waals surface area contributed by atoms with E-state index in [-0.39, 0.29) is 0 Å². The molecule has 2 heterocycles. The smallest absolute Gasteiger partial charge is 0.249 e. The zero-order valence-corrected chi connectivity index (χ0v) is 14.1. The van der Waals surface area contributed by atoms with Crippen LogP contribution in [0.3, 0.4) is 0 Å². The predicted molar refractivity (Wildman–Crippen MR) is 93.5 cm³/mol. The fraction of sp³-hybridized carbons (Fsp3) is 0.412. The molecule has 1 saturated heterocycles. The summed E-state index contributed by atoms with van der Waals surface area (Å²) in [6.45, 7) is 7.10. The van der Waals surface area contributed by atoms with Gasteiger partial charge < -0.3 is 15.1 Å². The van der Waals surface area contributed by atoms with Crippen molar-refractivity contribution in [1.82, 2.24) is 20.1 Å². The van der Waals surface area contributed by atoms with E-state index < -0.39 is 0 Å².